The number of nitrogens with zero attached hydrogens (tertiary/aromatic N) is 3. The number of aliphatic hydroxyl groups is 5. The molecule has 14 nitrogen and oxygen atoms in total. The van der Waals surface area contributed by atoms with Crippen molar-refractivity contribution in [3.8, 4) is 0 Å². The lowest BCUT2D eigenvalue weighted by atomic mass is 9.94. The Bertz CT molecular complexity index is 584. The average Bonchev–Trinajstić information content (AvgIpc) is 2.76. The van der Waals surface area contributed by atoms with Crippen molar-refractivity contribution in [1.29, 1.82) is 0 Å². The molecule has 0 aromatic carbocycles. The van der Waals surface area contributed by atoms with Crippen molar-refractivity contribution in [3.63, 3.8) is 0 Å². The van der Waals surface area contributed by atoms with Crippen molar-refractivity contribution >= 4 is 0 Å². The lowest BCUT2D eigenvalue weighted by molar-refractivity contribution is -0.692. The first-order valence-electron chi connectivity index (χ1n) is 10.1. The fourth-order valence-electron chi connectivity index (χ4n) is 3.82. The molecular formula is C17H32N3O11-. The van der Waals surface area contributed by atoms with E-state index < -0.39 is 67.8 Å². The van der Waals surface area contributed by atoms with Gasteiger partial charge in [-0.05, 0) is 18.6 Å². The van der Waals surface area contributed by atoms with Gasteiger partial charge in [0.2, 0.25) is 0 Å². The van der Waals surface area contributed by atoms with Gasteiger partial charge in [0.25, 0.3) is 0 Å². The molecular weight excluding hydrogens is 422 g/mol. The highest BCUT2D eigenvalue weighted by Gasteiger charge is 2.50. The molecule has 0 aromatic heterocycles. The Balaban J connectivity index is 2.21. The molecule has 2 rings (SSSR count). The Morgan fingerprint density at radius 3 is 2.23 bits per heavy atom. The van der Waals surface area contributed by atoms with Crippen LogP contribution in [0.25, 0.3) is 0 Å². The number of rotatable bonds is 9. The highest BCUT2D eigenvalue weighted by molar-refractivity contribution is 4.95. The number of aliphatic hydroxyl groups excluding tert-OH is 5. The number of hydrogen-bond acceptors (Lipinski definition) is 12. The van der Waals surface area contributed by atoms with Gasteiger partial charge in [-0.1, -0.05) is 6.92 Å². The highest BCUT2D eigenvalue weighted by atomic mass is 16.7. The molecule has 31 heavy (non-hydrogen) atoms. The van der Waals surface area contributed by atoms with Gasteiger partial charge in [0.05, 0.1) is 19.3 Å². The van der Waals surface area contributed by atoms with Gasteiger partial charge < -0.3 is 54.9 Å². The van der Waals surface area contributed by atoms with E-state index in [0.717, 1.165) is 5.01 Å². The van der Waals surface area contributed by atoms with E-state index >= 15 is 0 Å². The van der Waals surface area contributed by atoms with E-state index in [2.05, 4.69) is 5.28 Å². The van der Waals surface area contributed by atoms with Crippen LogP contribution < -0.4 is 0 Å². The molecule has 182 valence electrons. The molecule has 2 aliphatic heterocycles. The molecule has 0 aromatic rings. The molecule has 0 radical (unpaired) electrons. The molecule has 2 fully saturated rings. The molecule has 1 unspecified atom stereocenters. The highest BCUT2D eigenvalue weighted by Crippen LogP contribution is 2.30. The van der Waals surface area contributed by atoms with Crippen LogP contribution in [-0.2, 0) is 18.9 Å². The maximum absolute atomic E-state index is 11.7. The van der Waals surface area contributed by atoms with E-state index in [9.17, 15) is 35.9 Å². The van der Waals surface area contributed by atoms with Gasteiger partial charge in [-0.3, -0.25) is 0 Å². The molecule has 0 saturated carbocycles. The molecule has 0 spiro atoms. The first-order valence-corrected chi connectivity index (χ1v) is 10.1. The lowest BCUT2D eigenvalue weighted by Gasteiger charge is -2.46. The third-order valence-corrected chi connectivity index (χ3v) is 5.49. The molecule has 2 heterocycles. The Kier molecular flexibility index (Phi) is 9.60. The van der Waals surface area contributed by atoms with Gasteiger partial charge in [0, 0.05) is 12.1 Å². The predicted octanol–water partition coefficient (Wildman–Crippen LogP) is -2.58. The van der Waals surface area contributed by atoms with E-state index in [-0.39, 0.29) is 18.1 Å². The van der Waals surface area contributed by atoms with Crippen molar-refractivity contribution < 1.29 is 49.4 Å². The SMILES string of the molecule is CCCN(C[C@H]1O[C@H](OC2[C@@H](CO)O[C@H](C)[C@H](O)[C@H]2O)[C@H](O)[C@@H](O)[C@@H]1OC)/[N+]([O-])=N/[O-]. The first-order chi connectivity index (χ1) is 14.7. The zero-order valence-corrected chi connectivity index (χ0v) is 17.6. The van der Waals surface area contributed by atoms with Crippen LogP contribution in [0.4, 0.5) is 0 Å². The smallest absolute Gasteiger partial charge is 0.187 e. The topological polar surface area (TPSA) is 203 Å². The summed E-state index contributed by atoms with van der Waals surface area (Å²) in [5.74, 6) is 0. The lowest BCUT2D eigenvalue weighted by Crippen LogP contribution is -2.65. The second kappa shape index (κ2) is 11.5. The zero-order chi connectivity index (χ0) is 23.3. The summed E-state index contributed by atoms with van der Waals surface area (Å²) in [6, 6.07) is 0. The quantitative estimate of drug-likeness (QED) is 0.138. The fourth-order valence-corrected chi connectivity index (χ4v) is 3.82. The average molecular weight is 454 g/mol. The fraction of sp³-hybridized carbons (Fsp3) is 1.00. The van der Waals surface area contributed by atoms with Crippen molar-refractivity contribution in [2.24, 2.45) is 5.28 Å². The second-order valence-electron chi connectivity index (χ2n) is 7.62. The third-order valence-electron chi connectivity index (χ3n) is 5.49. The standard InChI is InChI=1S/C17H33N3O11/c1-4-5-19(20(27)18-26)6-9-15(28-3)13(24)14(25)17(30-9)31-16-10(7-21)29-8(2)11(22)12(16)23/h8-17,21-26H,4-7H2,1-3H3/p-1/b20-18-/t8-,9-,10-,11+,12-,13-,14-,15-,16?,17-/m1/s1. The monoisotopic (exact) mass is 454 g/mol. The van der Waals surface area contributed by atoms with Gasteiger partial charge in [0.1, 0.15) is 55.4 Å². The van der Waals surface area contributed by atoms with E-state index in [1.54, 1.807) is 6.92 Å². The summed E-state index contributed by atoms with van der Waals surface area (Å²) in [5, 5.41) is 76.8. The summed E-state index contributed by atoms with van der Waals surface area (Å²) in [5.41, 5.74) is 0. The van der Waals surface area contributed by atoms with Crippen molar-refractivity contribution in [1.82, 2.24) is 5.01 Å². The number of hydrogen-bond donors (Lipinski definition) is 5. The normalized spacial score (nSPS) is 41.9. The van der Waals surface area contributed by atoms with Crippen LogP contribution in [0.5, 0.6) is 0 Å². The molecule has 0 amide bonds. The molecule has 0 bridgehead atoms. The third kappa shape index (κ3) is 5.71. The predicted molar refractivity (Wildman–Crippen MR) is 101 cm³/mol. The van der Waals surface area contributed by atoms with Crippen molar-refractivity contribution in [2.75, 3.05) is 26.8 Å². The first kappa shape index (κ1) is 25.9. The number of ether oxygens (including phenoxy) is 4. The van der Waals surface area contributed by atoms with Crippen molar-refractivity contribution in [3.05, 3.63) is 10.4 Å². The van der Waals surface area contributed by atoms with E-state index in [1.807, 2.05) is 0 Å². The van der Waals surface area contributed by atoms with Gasteiger partial charge >= 0.3 is 0 Å². The largest absolute Gasteiger partial charge is 0.737 e. The molecule has 2 aliphatic rings. The Hall–Kier alpha value is -1.36. The Morgan fingerprint density at radius 2 is 1.68 bits per heavy atom. The van der Waals surface area contributed by atoms with E-state index in [4.69, 9.17) is 18.9 Å². The molecule has 10 atom stereocenters. The van der Waals surface area contributed by atoms with Crippen molar-refractivity contribution in [2.45, 2.75) is 81.5 Å². The van der Waals surface area contributed by atoms with Crippen LogP contribution in [0.15, 0.2) is 5.28 Å². The number of hydrazine groups is 1. The summed E-state index contributed by atoms with van der Waals surface area (Å²) in [6.07, 6.45) is -12.2. The van der Waals surface area contributed by atoms with Crippen LogP contribution in [-0.4, -0.2) is 124 Å². The Morgan fingerprint density at radius 1 is 1.03 bits per heavy atom. The summed E-state index contributed by atoms with van der Waals surface area (Å²) in [4.78, 5) is -0.148. The van der Waals surface area contributed by atoms with Crippen LogP contribution in [0.1, 0.15) is 20.3 Å². The molecule has 14 heteroatoms. The number of methoxy groups -OCH3 is 1. The molecule has 5 N–H and O–H groups in total. The van der Waals surface area contributed by atoms with Gasteiger partial charge in [-0.2, -0.15) is 0 Å². The summed E-state index contributed by atoms with van der Waals surface area (Å²) < 4.78 is 22.0. The minimum absolute atomic E-state index is 0.148. The molecule has 2 saturated heterocycles. The van der Waals surface area contributed by atoms with Crippen LogP contribution in [0, 0.1) is 10.4 Å². The maximum atomic E-state index is 11.7. The minimum atomic E-state index is -1.63. The van der Waals surface area contributed by atoms with E-state index in [1.165, 1.54) is 14.0 Å². The maximum Gasteiger partial charge on any atom is 0.187 e. The van der Waals surface area contributed by atoms with Crippen LogP contribution in [0.3, 0.4) is 0 Å². The van der Waals surface area contributed by atoms with Crippen LogP contribution in [0.2, 0.25) is 0 Å². The Labute approximate surface area is 179 Å². The van der Waals surface area contributed by atoms with Gasteiger partial charge in [-0.25, -0.2) is 0 Å². The summed E-state index contributed by atoms with van der Waals surface area (Å²) >= 11 is 0. The summed E-state index contributed by atoms with van der Waals surface area (Å²) in [6.45, 7) is 2.67. The second-order valence-corrected chi connectivity index (χ2v) is 7.62. The van der Waals surface area contributed by atoms with E-state index in [0.29, 0.717) is 6.42 Å². The zero-order valence-electron chi connectivity index (χ0n) is 17.6. The van der Waals surface area contributed by atoms with Gasteiger partial charge in [-0.15, -0.1) is 5.01 Å². The summed E-state index contributed by atoms with van der Waals surface area (Å²) in [7, 11) is 1.27. The molecule has 0 aliphatic carbocycles. The van der Waals surface area contributed by atoms with Gasteiger partial charge in [0.15, 0.2) is 6.29 Å². The van der Waals surface area contributed by atoms with Crippen LogP contribution >= 0.6 is 0 Å². The minimum Gasteiger partial charge on any atom is -0.737 e.